The molecule has 25 heavy (non-hydrogen) atoms. The number of carbonyl (C=O) groups is 1. The Hall–Kier alpha value is -1.31. The highest BCUT2D eigenvalue weighted by Gasteiger charge is 2.18. The van der Waals surface area contributed by atoms with Crippen molar-refractivity contribution < 1.29 is 4.79 Å². The first-order valence-corrected chi connectivity index (χ1v) is 8.96. The van der Waals surface area contributed by atoms with Crippen molar-refractivity contribution in [2.75, 3.05) is 25.5 Å². The van der Waals surface area contributed by atoms with Crippen molar-refractivity contribution in [3.05, 3.63) is 29.8 Å². The van der Waals surface area contributed by atoms with Crippen molar-refractivity contribution in [2.24, 2.45) is 10.9 Å². The molecule has 1 unspecified atom stereocenters. The molecule has 0 saturated carbocycles. The molecule has 5 nitrogen and oxygen atoms in total. The number of likely N-dealkylation sites (tertiary alicyclic amines) is 1. The molecule has 1 aliphatic rings. The Morgan fingerprint density at radius 2 is 2.04 bits per heavy atom. The van der Waals surface area contributed by atoms with Gasteiger partial charge in [0, 0.05) is 38.8 Å². The van der Waals surface area contributed by atoms with E-state index in [2.05, 4.69) is 27.4 Å². The second kappa shape index (κ2) is 11.3. The number of hydrogen-bond acceptors (Lipinski definition) is 2. The quantitative estimate of drug-likeness (QED) is 0.401. The third-order valence-electron chi connectivity index (χ3n) is 4.33. The molecule has 140 valence electrons. The van der Waals surface area contributed by atoms with Gasteiger partial charge in [-0.25, -0.2) is 0 Å². The average Bonchev–Trinajstić information content (AvgIpc) is 2.57. The van der Waals surface area contributed by atoms with E-state index in [4.69, 9.17) is 0 Å². The van der Waals surface area contributed by atoms with Gasteiger partial charge in [0.15, 0.2) is 5.96 Å². The van der Waals surface area contributed by atoms with Crippen molar-refractivity contribution in [1.29, 1.82) is 0 Å². The van der Waals surface area contributed by atoms with Gasteiger partial charge in [0.25, 0.3) is 0 Å². The number of nitrogens with one attached hydrogen (secondary N) is 2. The molecule has 1 aliphatic heterocycles. The Labute approximate surface area is 168 Å². The van der Waals surface area contributed by atoms with E-state index in [1.165, 1.54) is 18.4 Å². The number of rotatable bonds is 5. The average molecular weight is 458 g/mol. The molecule has 1 amide bonds. The van der Waals surface area contributed by atoms with E-state index in [0.29, 0.717) is 6.42 Å². The van der Waals surface area contributed by atoms with E-state index in [0.717, 1.165) is 43.6 Å². The van der Waals surface area contributed by atoms with Gasteiger partial charge >= 0.3 is 0 Å². The van der Waals surface area contributed by atoms with Gasteiger partial charge in [-0.3, -0.25) is 9.79 Å². The summed E-state index contributed by atoms with van der Waals surface area (Å²) in [6, 6.07) is 7.99. The van der Waals surface area contributed by atoms with E-state index in [1.54, 1.807) is 0 Å². The van der Waals surface area contributed by atoms with Crippen LogP contribution in [-0.4, -0.2) is 36.9 Å². The maximum atomic E-state index is 11.6. The summed E-state index contributed by atoms with van der Waals surface area (Å²) in [5.74, 6) is 1.77. The van der Waals surface area contributed by atoms with E-state index >= 15 is 0 Å². The molecule has 1 fully saturated rings. The number of amides is 1. The zero-order valence-corrected chi connectivity index (χ0v) is 17.9. The van der Waals surface area contributed by atoms with E-state index in [1.807, 2.05) is 38.2 Å². The summed E-state index contributed by atoms with van der Waals surface area (Å²) in [6.45, 7) is 7.19. The number of nitrogens with zero attached hydrogens (tertiary/aromatic N) is 2. The number of anilines is 1. The molecule has 1 atom stereocenters. The molecule has 0 bridgehead atoms. The zero-order chi connectivity index (χ0) is 17.4. The molecule has 1 aromatic rings. The summed E-state index contributed by atoms with van der Waals surface area (Å²) in [5, 5.41) is 6.36. The molecule has 2 rings (SSSR count). The zero-order valence-electron chi connectivity index (χ0n) is 15.5. The summed E-state index contributed by atoms with van der Waals surface area (Å²) >= 11 is 0. The summed E-state index contributed by atoms with van der Waals surface area (Å²) in [6.07, 6.45) is 3.96. The summed E-state index contributed by atoms with van der Waals surface area (Å²) in [7, 11) is 1.84. The highest BCUT2D eigenvalue weighted by atomic mass is 127. The number of carbonyl (C=O) groups excluding carboxylic acids is 1. The first-order chi connectivity index (χ1) is 11.6. The van der Waals surface area contributed by atoms with Crippen LogP contribution in [0.4, 0.5) is 5.69 Å². The van der Waals surface area contributed by atoms with Gasteiger partial charge in [-0.05, 0) is 42.9 Å². The molecule has 1 aromatic carbocycles. The van der Waals surface area contributed by atoms with Crippen LogP contribution in [-0.2, 0) is 11.3 Å². The van der Waals surface area contributed by atoms with Crippen molar-refractivity contribution in [3.63, 3.8) is 0 Å². The van der Waals surface area contributed by atoms with Crippen molar-refractivity contribution in [2.45, 2.75) is 46.1 Å². The van der Waals surface area contributed by atoms with Crippen LogP contribution < -0.4 is 10.6 Å². The lowest BCUT2D eigenvalue weighted by atomic mass is 10.0. The van der Waals surface area contributed by atoms with Gasteiger partial charge in [-0.2, -0.15) is 0 Å². The smallest absolute Gasteiger partial charge is 0.224 e. The van der Waals surface area contributed by atoms with Crippen LogP contribution >= 0.6 is 24.0 Å². The van der Waals surface area contributed by atoms with Crippen LogP contribution in [0.1, 0.15) is 45.1 Å². The van der Waals surface area contributed by atoms with Crippen molar-refractivity contribution >= 4 is 41.5 Å². The highest BCUT2D eigenvalue weighted by Crippen LogP contribution is 2.16. The monoisotopic (exact) mass is 458 g/mol. The van der Waals surface area contributed by atoms with Gasteiger partial charge in [0.05, 0.1) is 0 Å². The molecule has 6 heteroatoms. The normalized spacial score (nSPS) is 17.6. The fraction of sp³-hybridized carbons (Fsp3) is 0.579. The number of aliphatic imine (C=N–C) groups is 1. The SMILES string of the molecule is CCCC(=O)Nc1ccc(CNC(=NC)N2CCCC(C)C2)cc1.I. The second-order valence-electron chi connectivity index (χ2n) is 6.59. The van der Waals surface area contributed by atoms with Crippen LogP contribution in [0.15, 0.2) is 29.3 Å². The Balaban J connectivity index is 0.00000312. The van der Waals surface area contributed by atoms with Gasteiger partial charge in [0.2, 0.25) is 5.91 Å². The van der Waals surface area contributed by atoms with E-state index in [-0.39, 0.29) is 29.9 Å². The number of piperidine rings is 1. The van der Waals surface area contributed by atoms with Crippen LogP contribution in [0, 0.1) is 5.92 Å². The van der Waals surface area contributed by atoms with Crippen molar-refractivity contribution in [3.8, 4) is 0 Å². The maximum Gasteiger partial charge on any atom is 0.224 e. The number of hydrogen-bond donors (Lipinski definition) is 2. The maximum absolute atomic E-state index is 11.6. The fourth-order valence-corrected chi connectivity index (χ4v) is 3.05. The largest absolute Gasteiger partial charge is 0.352 e. The number of halogens is 1. The molecular weight excluding hydrogens is 427 g/mol. The third-order valence-corrected chi connectivity index (χ3v) is 4.33. The lowest BCUT2D eigenvalue weighted by Crippen LogP contribution is -2.45. The first kappa shape index (κ1) is 21.7. The Morgan fingerprint density at radius 1 is 1.32 bits per heavy atom. The fourth-order valence-electron chi connectivity index (χ4n) is 3.05. The minimum atomic E-state index is 0. The molecule has 0 aliphatic carbocycles. The molecule has 1 heterocycles. The van der Waals surface area contributed by atoms with Crippen LogP contribution in [0.25, 0.3) is 0 Å². The van der Waals surface area contributed by atoms with Crippen LogP contribution in [0.5, 0.6) is 0 Å². The van der Waals surface area contributed by atoms with Crippen molar-refractivity contribution in [1.82, 2.24) is 10.2 Å². The summed E-state index contributed by atoms with van der Waals surface area (Å²) < 4.78 is 0. The number of benzene rings is 1. The summed E-state index contributed by atoms with van der Waals surface area (Å²) in [5.41, 5.74) is 2.03. The predicted octanol–water partition coefficient (Wildman–Crippen LogP) is 3.85. The molecule has 1 saturated heterocycles. The van der Waals surface area contributed by atoms with Gasteiger partial charge in [0.1, 0.15) is 0 Å². The molecule has 0 spiro atoms. The molecule has 0 radical (unpaired) electrons. The van der Waals surface area contributed by atoms with Crippen LogP contribution in [0.2, 0.25) is 0 Å². The van der Waals surface area contributed by atoms with E-state index < -0.39 is 0 Å². The summed E-state index contributed by atoms with van der Waals surface area (Å²) in [4.78, 5) is 18.4. The van der Waals surface area contributed by atoms with Gasteiger partial charge < -0.3 is 15.5 Å². The third kappa shape index (κ3) is 7.22. The van der Waals surface area contributed by atoms with Gasteiger partial charge in [-0.15, -0.1) is 24.0 Å². The molecular formula is C19H31IN4O. The van der Waals surface area contributed by atoms with E-state index in [9.17, 15) is 4.79 Å². The molecule has 0 aromatic heterocycles. The van der Waals surface area contributed by atoms with Crippen LogP contribution in [0.3, 0.4) is 0 Å². The second-order valence-corrected chi connectivity index (χ2v) is 6.59. The standard InChI is InChI=1S/C19H30N4O.HI/c1-4-6-18(24)22-17-10-8-16(9-11-17)13-21-19(20-3)23-12-5-7-15(2)14-23;/h8-11,15H,4-7,12-14H2,1-3H3,(H,20,21)(H,22,24);1H. The Bertz CT molecular complexity index is 559. The molecule has 2 N–H and O–H groups in total. The highest BCUT2D eigenvalue weighted by molar-refractivity contribution is 14.0. The number of guanidine groups is 1. The Morgan fingerprint density at radius 3 is 2.64 bits per heavy atom. The minimum absolute atomic E-state index is 0. The predicted molar refractivity (Wildman–Crippen MR) is 116 cm³/mol. The lowest BCUT2D eigenvalue weighted by Gasteiger charge is -2.33. The van der Waals surface area contributed by atoms with Gasteiger partial charge in [-0.1, -0.05) is 26.0 Å². The Kier molecular flexibility index (Phi) is 9.85. The topological polar surface area (TPSA) is 56.7 Å². The minimum Gasteiger partial charge on any atom is -0.352 e. The first-order valence-electron chi connectivity index (χ1n) is 8.96. The lowest BCUT2D eigenvalue weighted by molar-refractivity contribution is -0.116.